The van der Waals surface area contributed by atoms with E-state index in [1.165, 1.54) is 83.5 Å². The predicted octanol–water partition coefficient (Wildman–Crippen LogP) is 11.3. The number of piperidine rings is 2. The fourth-order valence-corrected chi connectivity index (χ4v) is 8.30. The average Bonchev–Trinajstić information content (AvgIpc) is 2.96. The first kappa shape index (κ1) is 43.2. The summed E-state index contributed by atoms with van der Waals surface area (Å²) in [7, 11) is 0. The third-order valence-electron chi connectivity index (χ3n) is 9.87. The van der Waals surface area contributed by atoms with Gasteiger partial charge in [-0.2, -0.15) is 0 Å². The Hall–Kier alpha value is -1.92. The van der Waals surface area contributed by atoms with Gasteiger partial charge in [0.2, 0.25) is 0 Å². The molecule has 282 valence electrons. The number of hydrogen-bond donors (Lipinski definition) is 2. The Bertz CT molecular complexity index is 1030. The normalized spacial score (nSPS) is 19.8. The van der Waals surface area contributed by atoms with Gasteiger partial charge in [0.25, 0.3) is 0 Å². The number of benzene rings is 1. The van der Waals surface area contributed by atoms with Crippen molar-refractivity contribution in [3.8, 4) is 0 Å². The average molecular weight is 685 g/mol. The van der Waals surface area contributed by atoms with E-state index < -0.39 is 0 Å². The summed E-state index contributed by atoms with van der Waals surface area (Å²) in [4.78, 5) is 24.3. The van der Waals surface area contributed by atoms with Gasteiger partial charge in [-0.1, -0.05) is 115 Å². The van der Waals surface area contributed by atoms with E-state index in [2.05, 4.69) is 72.9 Å². The number of carbonyl (C=O) groups is 2. The van der Waals surface area contributed by atoms with Crippen molar-refractivity contribution >= 4 is 11.9 Å². The molecule has 2 heterocycles. The van der Waals surface area contributed by atoms with Crippen LogP contribution in [0.1, 0.15) is 201 Å². The summed E-state index contributed by atoms with van der Waals surface area (Å²) in [6.45, 7) is 19.7. The summed E-state index contributed by atoms with van der Waals surface area (Å²) in [5.41, 5.74) is 0.659. The first-order valence-corrected chi connectivity index (χ1v) is 20.1. The molecule has 2 aliphatic rings. The Morgan fingerprint density at radius 2 is 0.898 bits per heavy atom. The molecule has 49 heavy (non-hydrogen) atoms. The lowest BCUT2D eigenvalue weighted by Crippen LogP contribution is -2.59. The van der Waals surface area contributed by atoms with E-state index in [0.717, 1.165) is 38.5 Å². The van der Waals surface area contributed by atoms with Crippen molar-refractivity contribution in [2.24, 2.45) is 0 Å². The Kier molecular flexibility index (Phi) is 18.9. The Labute approximate surface area is 302 Å². The SMILES string of the molecule is CC1(C)CC(OC(=O)c2ccccc2)CC(C)(C)N1.CCCCCCCCCCCCCCCCCC(=O)OC1CC(C)(C)NC(C)(C)C1. The molecule has 1 aromatic rings. The van der Waals surface area contributed by atoms with E-state index in [4.69, 9.17) is 9.47 Å². The van der Waals surface area contributed by atoms with Gasteiger partial charge < -0.3 is 20.1 Å². The van der Waals surface area contributed by atoms with Crippen molar-refractivity contribution in [2.45, 2.75) is 225 Å². The van der Waals surface area contributed by atoms with Crippen LogP contribution >= 0.6 is 0 Å². The number of rotatable bonds is 19. The molecule has 6 nitrogen and oxygen atoms in total. The largest absolute Gasteiger partial charge is 0.462 e. The third kappa shape index (κ3) is 19.9. The highest BCUT2D eigenvalue weighted by Crippen LogP contribution is 2.32. The van der Waals surface area contributed by atoms with Crippen LogP contribution in [-0.2, 0) is 14.3 Å². The topological polar surface area (TPSA) is 76.7 Å². The van der Waals surface area contributed by atoms with Crippen molar-refractivity contribution in [1.29, 1.82) is 0 Å². The second kappa shape index (κ2) is 21.4. The van der Waals surface area contributed by atoms with Gasteiger partial charge >= 0.3 is 11.9 Å². The fourth-order valence-electron chi connectivity index (χ4n) is 8.30. The third-order valence-corrected chi connectivity index (χ3v) is 9.87. The van der Waals surface area contributed by atoms with Crippen molar-refractivity contribution in [2.75, 3.05) is 0 Å². The maximum Gasteiger partial charge on any atom is 0.338 e. The van der Waals surface area contributed by atoms with Crippen molar-refractivity contribution < 1.29 is 19.1 Å². The molecule has 3 rings (SSSR count). The zero-order valence-corrected chi connectivity index (χ0v) is 33.3. The molecule has 0 bridgehead atoms. The maximum atomic E-state index is 12.2. The van der Waals surface area contributed by atoms with Gasteiger partial charge in [-0.15, -0.1) is 0 Å². The molecule has 0 atom stereocenters. The molecule has 2 fully saturated rings. The lowest BCUT2D eigenvalue weighted by atomic mass is 9.81. The zero-order chi connectivity index (χ0) is 36.4. The van der Waals surface area contributed by atoms with Crippen LogP contribution in [0.25, 0.3) is 0 Å². The first-order valence-electron chi connectivity index (χ1n) is 20.1. The van der Waals surface area contributed by atoms with Gasteiger partial charge in [0, 0.05) is 54.3 Å². The zero-order valence-electron chi connectivity index (χ0n) is 33.3. The van der Waals surface area contributed by atoms with Gasteiger partial charge in [-0.25, -0.2) is 4.79 Å². The lowest BCUT2D eigenvalue weighted by molar-refractivity contribution is -0.153. The van der Waals surface area contributed by atoms with Gasteiger partial charge in [0.15, 0.2) is 0 Å². The summed E-state index contributed by atoms with van der Waals surface area (Å²) >= 11 is 0. The van der Waals surface area contributed by atoms with Crippen LogP contribution in [0.2, 0.25) is 0 Å². The second-order valence-electron chi connectivity index (χ2n) is 17.8. The number of ether oxygens (including phenoxy) is 2. The predicted molar refractivity (Wildman–Crippen MR) is 206 cm³/mol. The molecule has 0 amide bonds. The van der Waals surface area contributed by atoms with Crippen LogP contribution in [0, 0.1) is 0 Å². The molecule has 6 heteroatoms. The van der Waals surface area contributed by atoms with E-state index in [-0.39, 0.29) is 46.3 Å². The van der Waals surface area contributed by atoms with E-state index in [1.807, 2.05) is 18.2 Å². The minimum Gasteiger partial charge on any atom is -0.462 e. The Morgan fingerprint density at radius 3 is 1.29 bits per heavy atom. The smallest absolute Gasteiger partial charge is 0.338 e. The number of carbonyl (C=O) groups excluding carboxylic acids is 2. The van der Waals surface area contributed by atoms with Crippen molar-refractivity contribution in [3.05, 3.63) is 35.9 Å². The summed E-state index contributed by atoms with van der Waals surface area (Å²) in [6.07, 6.45) is 24.3. The summed E-state index contributed by atoms with van der Waals surface area (Å²) in [5.74, 6) is -0.220. The summed E-state index contributed by atoms with van der Waals surface area (Å²) in [5, 5.41) is 7.23. The molecule has 0 aliphatic carbocycles. The minimum absolute atomic E-state index is 0.00296. The van der Waals surface area contributed by atoms with Crippen LogP contribution < -0.4 is 10.6 Å². The van der Waals surface area contributed by atoms with E-state index in [0.29, 0.717) is 12.0 Å². The molecule has 0 spiro atoms. The van der Waals surface area contributed by atoms with Gasteiger partial charge in [0.1, 0.15) is 12.2 Å². The molecular weight excluding hydrogens is 608 g/mol. The maximum absolute atomic E-state index is 12.2. The van der Waals surface area contributed by atoms with E-state index >= 15 is 0 Å². The number of unbranched alkanes of at least 4 members (excludes halogenated alkanes) is 14. The molecule has 2 saturated heterocycles. The highest BCUT2D eigenvalue weighted by atomic mass is 16.5. The summed E-state index contributed by atoms with van der Waals surface area (Å²) < 4.78 is 11.5. The molecule has 0 saturated carbocycles. The van der Waals surface area contributed by atoms with Gasteiger partial charge in [-0.3, -0.25) is 4.79 Å². The standard InChI is InChI=1S/C27H53NO2.C16H23NO2/c1-6-7-8-9-10-11-12-13-14-15-16-17-18-19-20-21-25(29)30-24-22-26(2,3)28-27(4,5)23-24;1-15(2)10-13(11-16(3,4)17-15)19-14(18)12-8-6-5-7-9-12/h24,28H,6-23H2,1-5H3;5-9,13,17H,10-11H2,1-4H3. The van der Waals surface area contributed by atoms with Crippen LogP contribution in [0.4, 0.5) is 0 Å². The van der Waals surface area contributed by atoms with Crippen LogP contribution in [0.3, 0.4) is 0 Å². The Balaban J connectivity index is 0.000000374. The molecule has 1 aromatic carbocycles. The summed E-state index contributed by atoms with van der Waals surface area (Å²) in [6, 6.07) is 9.19. The quantitative estimate of drug-likeness (QED) is 0.112. The van der Waals surface area contributed by atoms with Crippen LogP contribution in [0.15, 0.2) is 30.3 Å². The van der Waals surface area contributed by atoms with Gasteiger partial charge in [-0.05, 0) is 73.9 Å². The number of nitrogens with one attached hydrogen (secondary N) is 2. The highest BCUT2D eigenvalue weighted by molar-refractivity contribution is 5.89. The molecule has 0 radical (unpaired) electrons. The van der Waals surface area contributed by atoms with Gasteiger partial charge in [0.05, 0.1) is 5.56 Å². The van der Waals surface area contributed by atoms with Crippen LogP contribution in [-0.4, -0.2) is 46.3 Å². The highest BCUT2D eigenvalue weighted by Gasteiger charge is 2.40. The molecular formula is C43H76N2O4. The molecule has 2 aliphatic heterocycles. The Morgan fingerprint density at radius 1 is 0.551 bits per heavy atom. The number of esters is 2. The fraction of sp³-hybridized carbons (Fsp3) is 0.814. The lowest BCUT2D eigenvalue weighted by Gasteiger charge is -2.45. The van der Waals surface area contributed by atoms with Crippen molar-refractivity contribution in [1.82, 2.24) is 10.6 Å². The molecule has 0 unspecified atom stereocenters. The first-order chi connectivity index (χ1) is 23.0. The van der Waals surface area contributed by atoms with E-state index in [1.54, 1.807) is 12.1 Å². The number of hydrogen-bond acceptors (Lipinski definition) is 6. The molecule has 0 aromatic heterocycles. The second-order valence-corrected chi connectivity index (χ2v) is 17.8. The van der Waals surface area contributed by atoms with Crippen molar-refractivity contribution in [3.63, 3.8) is 0 Å². The van der Waals surface area contributed by atoms with Crippen LogP contribution in [0.5, 0.6) is 0 Å². The minimum atomic E-state index is -0.223. The van der Waals surface area contributed by atoms with E-state index in [9.17, 15) is 9.59 Å². The monoisotopic (exact) mass is 685 g/mol. The molecule has 2 N–H and O–H groups in total.